The third kappa shape index (κ3) is 3.40. The van der Waals surface area contributed by atoms with E-state index in [4.69, 9.17) is 22.1 Å². The zero-order valence-electron chi connectivity index (χ0n) is 17.5. The number of amides is 1. The second-order valence-electron chi connectivity index (χ2n) is 8.68. The van der Waals surface area contributed by atoms with Crippen LogP contribution in [0.1, 0.15) is 26.3 Å². The van der Waals surface area contributed by atoms with Gasteiger partial charge >= 0.3 is 6.09 Å². The second kappa shape index (κ2) is 7.23. The van der Waals surface area contributed by atoms with Crippen molar-refractivity contribution < 1.29 is 19.0 Å². The number of nitrogens with two attached hydrogens (primary N) is 1. The Bertz CT molecular complexity index is 1230. The standard InChI is InChI=1S/C22H22ClFN4O3/c1-10-13(12-5-11-6-16(25)26-8-14(11)17(23)18(12)24)7-27-20-19(10)28(21(29)30)15(9-31-20)22(2,3)4/h5-8,15H,9H2,1-4H3,(H2,25,26)(H,29,30). The van der Waals surface area contributed by atoms with E-state index >= 15 is 4.39 Å². The van der Waals surface area contributed by atoms with Crippen molar-refractivity contribution in [3.05, 3.63) is 40.9 Å². The van der Waals surface area contributed by atoms with Crippen molar-refractivity contribution in [2.45, 2.75) is 33.7 Å². The fraction of sp³-hybridized carbons (Fsp3) is 0.318. The first kappa shape index (κ1) is 21.1. The number of nitrogens with zero attached hydrogens (tertiary/aromatic N) is 3. The summed E-state index contributed by atoms with van der Waals surface area (Å²) in [4.78, 5) is 21.8. The van der Waals surface area contributed by atoms with Gasteiger partial charge in [0.05, 0.1) is 11.1 Å². The van der Waals surface area contributed by atoms with Crippen LogP contribution in [0.2, 0.25) is 5.02 Å². The van der Waals surface area contributed by atoms with Crippen LogP contribution in [-0.4, -0.2) is 33.8 Å². The number of carboxylic acid groups (broad SMARTS) is 1. The van der Waals surface area contributed by atoms with Gasteiger partial charge in [-0.3, -0.25) is 4.90 Å². The van der Waals surface area contributed by atoms with E-state index in [1.54, 1.807) is 19.1 Å². The molecule has 3 heterocycles. The number of hydrogen-bond donors (Lipinski definition) is 2. The van der Waals surface area contributed by atoms with E-state index in [-0.39, 0.29) is 34.3 Å². The van der Waals surface area contributed by atoms with Crippen LogP contribution < -0.4 is 15.4 Å². The van der Waals surface area contributed by atoms with Crippen molar-refractivity contribution in [3.8, 4) is 17.0 Å². The highest BCUT2D eigenvalue weighted by atomic mass is 35.5. The molecule has 1 aromatic carbocycles. The molecule has 0 spiro atoms. The summed E-state index contributed by atoms with van der Waals surface area (Å²) in [7, 11) is 0. The lowest BCUT2D eigenvalue weighted by molar-refractivity contribution is 0.153. The summed E-state index contributed by atoms with van der Waals surface area (Å²) in [6.07, 6.45) is 1.77. The van der Waals surface area contributed by atoms with Gasteiger partial charge in [-0.25, -0.2) is 19.2 Å². The maximum absolute atomic E-state index is 15.3. The van der Waals surface area contributed by atoms with Gasteiger partial charge in [-0.05, 0) is 35.4 Å². The number of rotatable bonds is 1. The van der Waals surface area contributed by atoms with Crippen LogP contribution in [0.15, 0.2) is 24.5 Å². The number of nitrogen functional groups attached to an aromatic ring is 1. The van der Waals surface area contributed by atoms with Gasteiger partial charge in [0.2, 0.25) is 5.88 Å². The first-order chi connectivity index (χ1) is 14.5. The minimum atomic E-state index is -1.12. The smallest absolute Gasteiger partial charge is 0.412 e. The van der Waals surface area contributed by atoms with E-state index in [0.717, 1.165) is 0 Å². The lowest BCUT2D eigenvalue weighted by atomic mass is 9.85. The molecule has 0 bridgehead atoms. The average Bonchev–Trinajstić information content (AvgIpc) is 2.69. The molecule has 1 unspecified atom stereocenters. The summed E-state index contributed by atoms with van der Waals surface area (Å²) in [5, 5.41) is 11.0. The quantitative estimate of drug-likeness (QED) is 0.530. The summed E-state index contributed by atoms with van der Waals surface area (Å²) < 4.78 is 21.1. The molecule has 31 heavy (non-hydrogen) atoms. The molecule has 9 heteroatoms. The van der Waals surface area contributed by atoms with Crippen LogP contribution in [0, 0.1) is 18.2 Å². The van der Waals surface area contributed by atoms with Crippen LogP contribution in [-0.2, 0) is 0 Å². The van der Waals surface area contributed by atoms with Crippen molar-refractivity contribution in [2.24, 2.45) is 5.41 Å². The van der Waals surface area contributed by atoms with Gasteiger partial charge in [0.1, 0.15) is 23.9 Å². The molecule has 0 saturated carbocycles. The molecule has 0 saturated heterocycles. The van der Waals surface area contributed by atoms with E-state index in [1.807, 2.05) is 20.8 Å². The average molecular weight is 445 g/mol. The lowest BCUT2D eigenvalue weighted by Gasteiger charge is -2.42. The third-order valence-corrected chi connectivity index (χ3v) is 5.99. The Balaban J connectivity index is 1.97. The fourth-order valence-corrected chi connectivity index (χ4v) is 4.19. The molecule has 1 aliphatic heterocycles. The maximum atomic E-state index is 15.3. The van der Waals surface area contributed by atoms with Crippen molar-refractivity contribution in [2.75, 3.05) is 17.2 Å². The normalized spacial score (nSPS) is 16.2. The van der Waals surface area contributed by atoms with E-state index in [9.17, 15) is 9.90 Å². The number of carbonyl (C=O) groups is 1. The number of halogens is 2. The molecule has 0 aliphatic carbocycles. The van der Waals surface area contributed by atoms with Crippen LogP contribution in [0.25, 0.3) is 21.9 Å². The summed E-state index contributed by atoms with van der Waals surface area (Å²) in [5.74, 6) is -0.165. The van der Waals surface area contributed by atoms with Crippen molar-refractivity contribution in [1.29, 1.82) is 0 Å². The molecule has 7 nitrogen and oxygen atoms in total. The van der Waals surface area contributed by atoms with Crippen molar-refractivity contribution in [3.63, 3.8) is 0 Å². The zero-order chi connectivity index (χ0) is 22.7. The molecule has 0 fully saturated rings. The molecule has 4 rings (SSSR count). The summed E-state index contributed by atoms with van der Waals surface area (Å²) in [5.41, 5.74) is 6.83. The summed E-state index contributed by atoms with van der Waals surface area (Å²) in [6, 6.07) is 2.78. The number of ether oxygens (including phenoxy) is 1. The molecule has 3 N–H and O–H groups in total. The van der Waals surface area contributed by atoms with Gasteiger partial charge < -0.3 is 15.6 Å². The van der Waals surface area contributed by atoms with Crippen LogP contribution in [0.4, 0.5) is 20.7 Å². The number of hydrogen-bond acceptors (Lipinski definition) is 5. The largest absolute Gasteiger partial charge is 0.474 e. The Morgan fingerprint density at radius 2 is 2.00 bits per heavy atom. The minimum Gasteiger partial charge on any atom is -0.474 e. The lowest BCUT2D eigenvalue weighted by Crippen LogP contribution is -2.53. The Kier molecular flexibility index (Phi) is 4.93. The number of aromatic nitrogens is 2. The summed E-state index contributed by atoms with van der Waals surface area (Å²) in [6.45, 7) is 7.72. The fourth-order valence-electron chi connectivity index (χ4n) is 3.93. The summed E-state index contributed by atoms with van der Waals surface area (Å²) >= 11 is 6.29. The van der Waals surface area contributed by atoms with Gasteiger partial charge in [0.25, 0.3) is 0 Å². The van der Waals surface area contributed by atoms with E-state index in [2.05, 4.69) is 9.97 Å². The van der Waals surface area contributed by atoms with E-state index in [1.165, 1.54) is 17.3 Å². The molecule has 1 aliphatic rings. The topological polar surface area (TPSA) is 102 Å². The molecule has 1 atom stereocenters. The van der Waals surface area contributed by atoms with Gasteiger partial charge in [-0.15, -0.1) is 0 Å². The van der Waals surface area contributed by atoms with E-state index in [0.29, 0.717) is 27.6 Å². The van der Waals surface area contributed by atoms with Gasteiger partial charge in [0.15, 0.2) is 0 Å². The molecule has 0 radical (unpaired) electrons. The third-order valence-electron chi connectivity index (χ3n) is 5.62. The highest BCUT2D eigenvalue weighted by Crippen LogP contribution is 2.44. The highest BCUT2D eigenvalue weighted by molar-refractivity contribution is 6.36. The first-order valence-electron chi connectivity index (χ1n) is 9.69. The van der Waals surface area contributed by atoms with Crippen LogP contribution >= 0.6 is 11.6 Å². The van der Waals surface area contributed by atoms with Crippen LogP contribution in [0.3, 0.4) is 0 Å². The van der Waals surface area contributed by atoms with Gasteiger partial charge in [0, 0.05) is 28.9 Å². The van der Waals surface area contributed by atoms with E-state index < -0.39 is 18.0 Å². The monoisotopic (exact) mass is 444 g/mol. The number of fused-ring (bicyclic) bond motifs is 2. The van der Waals surface area contributed by atoms with Gasteiger partial charge in [-0.2, -0.15) is 0 Å². The molecular weight excluding hydrogens is 423 g/mol. The first-order valence-corrected chi connectivity index (χ1v) is 10.1. The molecule has 162 valence electrons. The van der Waals surface area contributed by atoms with Crippen molar-refractivity contribution >= 4 is 40.0 Å². The SMILES string of the molecule is Cc1c(-c2cc3cc(N)ncc3c(Cl)c2F)cnc2c1N(C(=O)O)C(C(C)(C)C)CO2. The number of benzene rings is 1. The van der Waals surface area contributed by atoms with Crippen molar-refractivity contribution in [1.82, 2.24) is 9.97 Å². The maximum Gasteiger partial charge on any atom is 0.412 e. The number of anilines is 2. The predicted octanol–water partition coefficient (Wildman–Crippen LogP) is 5.27. The Morgan fingerprint density at radius 1 is 1.29 bits per heavy atom. The Hall–Kier alpha value is -3.13. The molecule has 1 amide bonds. The molecule has 3 aromatic rings. The second-order valence-corrected chi connectivity index (χ2v) is 9.06. The predicted molar refractivity (Wildman–Crippen MR) is 118 cm³/mol. The Morgan fingerprint density at radius 3 is 2.65 bits per heavy atom. The zero-order valence-corrected chi connectivity index (χ0v) is 18.3. The molecular formula is C22H22ClFN4O3. The molecule has 2 aromatic heterocycles. The van der Waals surface area contributed by atoms with Crippen LogP contribution in [0.5, 0.6) is 5.88 Å². The highest BCUT2D eigenvalue weighted by Gasteiger charge is 2.41. The van der Waals surface area contributed by atoms with Gasteiger partial charge in [-0.1, -0.05) is 32.4 Å². The Labute approximate surface area is 183 Å². The minimum absolute atomic E-state index is 0.0870. The number of pyridine rings is 2.